The third-order valence-electron chi connectivity index (χ3n) is 4.00. The van der Waals surface area contributed by atoms with Gasteiger partial charge in [-0.3, -0.25) is 0 Å². The molecule has 0 amide bonds. The van der Waals surface area contributed by atoms with Gasteiger partial charge in [0.25, 0.3) is 0 Å². The molecule has 128 valence electrons. The van der Waals surface area contributed by atoms with Gasteiger partial charge in [-0.2, -0.15) is 0 Å². The number of hydrogen-bond donors (Lipinski definition) is 0. The summed E-state index contributed by atoms with van der Waals surface area (Å²) in [6, 6.07) is 11.3. The third kappa shape index (κ3) is 3.81. The summed E-state index contributed by atoms with van der Waals surface area (Å²) in [6.07, 6.45) is 4.06. The number of rotatable bonds is 5. The fourth-order valence-corrected chi connectivity index (χ4v) is 3.35. The number of carbonyl (C=O) groups is 1. The molecule has 0 unspecified atom stereocenters. The number of carbonyl (C=O) groups excluding carboxylic acids is 1. The molecule has 25 heavy (non-hydrogen) atoms. The van der Waals surface area contributed by atoms with Crippen molar-refractivity contribution in [2.45, 2.75) is 18.9 Å². The van der Waals surface area contributed by atoms with Crippen LogP contribution >= 0.6 is 11.3 Å². The Bertz CT molecular complexity index is 802. The molecule has 1 aromatic carbocycles. The van der Waals surface area contributed by atoms with E-state index >= 15 is 0 Å². The van der Waals surface area contributed by atoms with Gasteiger partial charge >= 0.3 is 5.97 Å². The predicted octanol–water partition coefficient (Wildman–Crippen LogP) is 3.65. The maximum absolute atomic E-state index is 12.0. The molecule has 1 aromatic heterocycles. The van der Waals surface area contributed by atoms with Crippen molar-refractivity contribution in [3.8, 4) is 5.75 Å². The van der Waals surface area contributed by atoms with Crippen LogP contribution in [0.5, 0.6) is 5.75 Å². The summed E-state index contributed by atoms with van der Waals surface area (Å²) in [5.74, 6) is 0.722. The standard InChI is InChI=1S/C19H17NO4S/c21-19-16(20-18(24-19)17-4-2-10-25-17)11-13-5-7-14(8-6-13)23-12-15-3-1-9-22-15/h2,4-8,10-11,15H,1,3,9,12H2/b16-11+/t15-/m0/s1. The zero-order chi connectivity index (χ0) is 17.1. The van der Waals surface area contributed by atoms with Crippen molar-refractivity contribution in [1.82, 2.24) is 0 Å². The molecule has 2 aliphatic rings. The maximum Gasteiger partial charge on any atom is 0.363 e. The summed E-state index contributed by atoms with van der Waals surface area (Å²) in [7, 11) is 0. The average molecular weight is 355 g/mol. The number of hydrogen-bond acceptors (Lipinski definition) is 6. The molecule has 2 aromatic rings. The predicted molar refractivity (Wildman–Crippen MR) is 95.8 cm³/mol. The Morgan fingerprint density at radius 2 is 2.16 bits per heavy atom. The lowest BCUT2D eigenvalue weighted by Crippen LogP contribution is -2.16. The summed E-state index contributed by atoms with van der Waals surface area (Å²) >= 11 is 1.49. The summed E-state index contributed by atoms with van der Waals surface area (Å²) in [5.41, 5.74) is 1.17. The van der Waals surface area contributed by atoms with Gasteiger partial charge in [-0.1, -0.05) is 18.2 Å². The fourth-order valence-electron chi connectivity index (χ4n) is 2.70. The average Bonchev–Trinajstić information content (AvgIpc) is 3.37. The molecule has 1 atom stereocenters. The van der Waals surface area contributed by atoms with E-state index in [9.17, 15) is 4.79 Å². The minimum absolute atomic E-state index is 0.195. The number of nitrogens with zero attached hydrogens (tertiary/aromatic N) is 1. The topological polar surface area (TPSA) is 57.1 Å². The quantitative estimate of drug-likeness (QED) is 0.607. The molecule has 0 spiro atoms. The lowest BCUT2D eigenvalue weighted by atomic mass is 10.2. The van der Waals surface area contributed by atoms with Crippen LogP contribution in [0.25, 0.3) is 6.08 Å². The van der Waals surface area contributed by atoms with E-state index in [1.165, 1.54) is 11.3 Å². The first kappa shape index (κ1) is 16.1. The van der Waals surface area contributed by atoms with Crippen LogP contribution in [0.1, 0.15) is 23.3 Å². The monoisotopic (exact) mass is 355 g/mol. The molecule has 1 saturated heterocycles. The van der Waals surface area contributed by atoms with Gasteiger partial charge in [0.1, 0.15) is 12.4 Å². The first-order valence-electron chi connectivity index (χ1n) is 8.19. The summed E-state index contributed by atoms with van der Waals surface area (Å²) < 4.78 is 16.5. The number of aliphatic imine (C=N–C) groups is 1. The molecule has 0 aliphatic carbocycles. The summed E-state index contributed by atoms with van der Waals surface area (Å²) in [5, 5.41) is 1.92. The lowest BCUT2D eigenvalue weighted by Gasteiger charge is -2.11. The van der Waals surface area contributed by atoms with E-state index in [1.807, 2.05) is 41.8 Å². The van der Waals surface area contributed by atoms with Crippen LogP contribution in [0.3, 0.4) is 0 Å². The molecule has 6 heteroatoms. The van der Waals surface area contributed by atoms with Crippen molar-refractivity contribution in [2.75, 3.05) is 13.2 Å². The molecule has 2 aliphatic heterocycles. The van der Waals surface area contributed by atoms with Gasteiger partial charge in [0, 0.05) is 6.61 Å². The van der Waals surface area contributed by atoms with Crippen LogP contribution < -0.4 is 4.74 Å². The molecule has 0 saturated carbocycles. The van der Waals surface area contributed by atoms with Crippen molar-refractivity contribution >= 4 is 29.3 Å². The molecular formula is C19H17NO4S. The minimum Gasteiger partial charge on any atom is -0.491 e. The Balaban J connectivity index is 1.43. The Labute approximate surface area is 149 Å². The van der Waals surface area contributed by atoms with Crippen molar-refractivity contribution in [3.05, 3.63) is 57.9 Å². The number of esters is 1. The van der Waals surface area contributed by atoms with Gasteiger partial charge in [-0.15, -0.1) is 11.3 Å². The first-order valence-corrected chi connectivity index (χ1v) is 9.07. The Morgan fingerprint density at radius 1 is 1.28 bits per heavy atom. The van der Waals surface area contributed by atoms with Crippen molar-refractivity contribution in [3.63, 3.8) is 0 Å². The third-order valence-corrected chi connectivity index (χ3v) is 4.85. The molecule has 0 radical (unpaired) electrons. The van der Waals surface area contributed by atoms with Gasteiger partial charge in [0.05, 0.1) is 11.0 Å². The van der Waals surface area contributed by atoms with Gasteiger partial charge in [-0.05, 0) is 48.1 Å². The Hall–Kier alpha value is -2.44. The van der Waals surface area contributed by atoms with Crippen LogP contribution in [-0.2, 0) is 14.3 Å². The normalized spacial score (nSPS) is 21.4. The Kier molecular flexibility index (Phi) is 4.63. The van der Waals surface area contributed by atoms with Gasteiger partial charge in [-0.25, -0.2) is 9.79 Å². The summed E-state index contributed by atoms with van der Waals surface area (Å²) in [4.78, 5) is 17.1. The minimum atomic E-state index is -0.429. The molecule has 1 fully saturated rings. The highest BCUT2D eigenvalue weighted by molar-refractivity contribution is 7.12. The molecule has 0 bridgehead atoms. The van der Waals surface area contributed by atoms with Crippen LogP contribution in [0.4, 0.5) is 0 Å². The van der Waals surface area contributed by atoms with Crippen LogP contribution in [0, 0.1) is 0 Å². The smallest absolute Gasteiger partial charge is 0.363 e. The van der Waals surface area contributed by atoms with Gasteiger partial charge < -0.3 is 14.2 Å². The number of ether oxygens (including phenoxy) is 3. The van der Waals surface area contributed by atoms with E-state index in [0.717, 1.165) is 35.6 Å². The van der Waals surface area contributed by atoms with E-state index in [4.69, 9.17) is 14.2 Å². The SMILES string of the molecule is O=C1OC(c2cccs2)=N/C1=C/c1ccc(OC[C@@H]2CCCO2)cc1. The van der Waals surface area contributed by atoms with Crippen molar-refractivity contribution < 1.29 is 19.0 Å². The second kappa shape index (κ2) is 7.21. The highest BCUT2D eigenvalue weighted by Gasteiger charge is 2.24. The van der Waals surface area contributed by atoms with Crippen molar-refractivity contribution in [1.29, 1.82) is 0 Å². The molecule has 4 rings (SSSR count). The largest absolute Gasteiger partial charge is 0.491 e. The van der Waals surface area contributed by atoms with E-state index in [0.29, 0.717) is 18.2 Å². The maximum atomic E-state index is 12.0. The van der Waals surface area contributed by atoms with Crippen molar-refractivity contribution in [2.24, 2.45) is 4.99 Å². The highest BCUT2D eigenvalue weighted by Crippen LogP contribution is 2.23. The second-order valence-corrected chi connectivity index (χ2v) is 6.78. The lowest BCUT2D eigenvalue weighted by molar-refractivity contribution is -0.129. The zero-order valence-electron chi connectivity index (χ0n) is 13.5. The van der Waals surface area contributed by atoms with E-state index in [2.05, 4.69) is 4.99 Å². The Morgan fingerprint density at radius 3 is 2.88 bits per heavy atom. The van der Waals surface area contributed by atoms with Gasteiger partial charge in [0.15, 0.2) is 5.70 Å². The fraction of sp³-hybridized carbons (Fsp3) is 0.263. The highest BCUT2D eigenvalue weighted by atomic mass is 32.1. The molecule has 3 heterocycles. The van der Waals surface area contributed by atoms with Crippen LogP contribution in [-0.4, -0.2) is 31.2 Å². The van der Waals surface area contributed by atoms with E-state index in [-0.39, 0.29) is 6.10 Å². The van der Waals surface area contributed by atoms with Crippen LogP contribution in [0.15, 0.2) is 52.5 Å². The molecular weight excluding hydrogens is 338 g/mol. The van der Waals surface area contributed by atoms with Gasteiger partial charge in [0.2, 0.25) is 5.90 Å². The first-order chi connectivity index (χ1) is 12.3. The zero-order valence-corrected chi connectivity index (χ0v) is 14.3. The number of cyclic esters (lactones) is 1. The van der Waals surface area contributed by atoms with Crippen LogP contribution in [0.2, 0.25) is 0 Å². The van der Waals surface area contributed by atoms with E-state index in [1.54, 1.807) is 6.08 Å². The summed E-state index contributed by atoms with van der Waals surface area (Å²) in [6.45, 7) is 1.39. The number of thiophene rings is 1. The second-order valence-electron chi connectivity index (χ2n) is 5.83. The molecule has 5 nitrogen and oxygen atoms in total. The molecule has 0 N–H and O–H groups in total. The number of benzene rings is 1. The van der Waals surface area contributed by atoms with E-state index < -0.39 is 5.97 Å².